The lowest BCUT2D eigenvalue weighted by molar-refractivity contribution is 0.0613. The Labute approximate surface area is 86.1 Å². The van der Waals surface area contributed by atoms with Crippen LogP contribution in [0.3, 0.4) is 0 Å². The fourth-order valence-corrected chi connectivity index (χ4v) is 1.74. The van der Waals surface area contributed by atoms with Gasteiger partial charge in [-0.05, 0) is 19.8 Å². The topological polar surface area (TPSA) is 78.4 Å². The maximum Gasteiger partial charge on any atom is 0.277 e. The molecule has 0 aliphatic rings. The summed E-state index contributed by atoms with van der Waals surface area (Å²) in [7, 11) is -3.45. The van der Waals surface area contributed by atoms with Crippen LogP contribution in [-0.4, -0.2) is 32.2 Å². The van der Waals surface area contributed by atoms with Crippen molar-refractivity contribution in [2.75, 3.05) is 13.1 Å². The second-order valence-electron chi connectivity index (χ2n) is 3.57. The maximum absolute atomic E-state index is 11.2. The van der Waals surface area contributed by atoms with Crippen molar-refractivity contribution >= 4 is 10.2 Å². The summed E-state index contributed by atoms with van der Waals surface area (Å²) in [5.74, 6) is 0. The normalized spacial score (nSPS) is 16.6. The van der Waals surface area contributed by atoms with Crippen molar-refractivity contribution in [1.29, 1.82) is 0 Å². The molecule has 0 spiro atoms. The molecule has 1 atom stereocenters. The number of hydrogen-bond donors (Lipinski definition) is 3. The van der Waals surface area contributed by atoms with E-state index in [1.54, 1.807) is 13.8 Å². The summed E-state index contributed by atoms with van der Waals surface area (Å²) in [6.07, 6.45) is 1.24. The molecule has 0 saturated carbocycles. The van der Waals surface area contributed by atoms with E-state index in [4.69, 9.17) is 0 Å². The molecule has 0 aromatic carbocycles. The third-order valence-corrected chi connectivity index (χ3v) is 3.06. The van der Waals surface area contributed by atoms with Crippen LogP contribution in [0.4, 0.5) is 0 Å². The average Bonchev–Trinajstić information content (AvgIpc) is 2.12. The summed E-state index contributed by atoms with van der Waals surface area (Å²) in [5.41, 5.74) is -0.985. The number of rotatable bonds is 7. The van der Waals surface area contributed by atoms with E-state index in [0.717, 1.165) is 6.42 Å². The quantitative estimate of drug-likeness (QED) is 0.569. The Bertz CT molecular complexity index is 249. The van der Waals surface area contributed by atoms with Crippen molar-refractivity contribution in [3.63, 3.8) is 0 Å². The van der Waals surface area contributed by atoms with Crippen molar-refractivity contribution in [3.05, 3.63) is 0 Å². The van der Waals surface area contributed by atoms with Crippen molar-refractivity contribution in [2.24, 2.45) is 0 Å². The molecule has 0 heterocycles. The second kappa shape index (κ2) is 5.65. The van der Waals surface area contributed by atoms with Crippen LogP contribution >= 0.6 is 0 Å². The first kappa shape index (κ1) is 13.8. The molecule has 0 bridgehead atoms. The van der Waals surface area contributed by atoms with Gasteiger partial charge < -0.3 is 5.11 Å². The lowest BCUT2D eigenvalue weighted by atomic mass is 10.1. The first-order valence-corrected chi connectivity index (χ1v) is 6.28. The molecule has 0 rings (SSSR count). The first-order valence-electron chi connectivity index (χ1n) is 4.79. The lowest BCUT2D eigenvalue weighted by Gasteiger charge is -2.21. The summed E-state index contributed by atoms with van der Waals surface area (Å²) in [6.45, 7) is 5.71. The highest BCUT2D eigenvalue weighted by atomic mass is 32.2. The van der Waals surface area contributed by atoms with Crippen molar-refractivity contribution in [3.8, 4) is 0 Å². The van der Waals surface area contributed by atoms with E-state index in [0.29, 0.717) is 13.0 Å². The molecular weight excluding hydrogens is 204 g/mol. The zero-order valence-corrected chi connectivity index (χ0v) is 9.82. The van der Waals surface area contributed by atoms with Crippen LogP contribution < -0.4 is 9.44 Å². The van der Waals surface area contributed by atoms with E-state index in [2.05, 4.69) is 9.44 Å². The molecule has 0 aliphatic carbocycles. The van der Waals surface area contributed by atoms with Gasteiger partial charge in [0, 0.05) is 13.1 Å². The van der Waals surface area contributed by atoms with Crippen LogP contribution in [0.1, 0.15) is 33.6 Å². The Hall–Kier alpha value is -0.170. The summed E-state index contributed by atoms with van der Waals surface area (Å²) < 4.78 is 27.1. The van der Waals surface area contributed by atoms with E-state index in [1.165, 1.54) is 0 Å². The molecule has 0 fully saturated rings. The Balaban J connectivity index is 4.00. The standard InChI is InChI=1S/C8H20N2O3S/c1-4-6-9-14(12,13)10-7-8(3,11)5-2/h9-11H,4-7H2,1-3H3. The van der Waals surface area contributed by atoms with E-state index in [-0.39, 0.29) is 6.54 Å². The summed E-state index contributed by atoms with van der Waals surface area (Å²) in [5, 5.41) is 9.56. The predicted octanol–water partition coefficient (Wildman–Crippen LogP) is -0.0186. The molecule has 0 amide bonds. The van der Waals surface area contributed by atoms with E-state index >= 15 is 0 Å². The van der Waals surface area contributed by atoms with Crippen LogP contribution in [-0.2, 0) is 10.2 Å². The smallest absolute Gasteiger partial charge is 0.277 e. The fourth-order valence-electron chi connectivity index (χ4n) is 0.663. The second-order valence-corrected chi connectivity index (χ2v) is 5.15. The SMILES string of the molecule is CCCNS(=O)(=O)NCC(C)(O)CC. The van der Waals surface area contributed by atoms with Crippen LogP contribution in [0, 0.1) is 0 Å². The molecule has 1 unspecified atom stereocenters. The summed E-state index contributed by atoms with van der Waals surface area (Å²) >= 11 is 0. The van der Waals surface area contributed by atoms with Gasteiger partial charge in [0.1, 0.15) is 0 Å². The number of hydrogen-bond acceptors (Lipinski definition) is 3. The van der Waals surface area contributed by atoms with Gasteiger partial charge in [0.2, 0.25) is 0 Å². The van der Waals surface area contributed by atoms with E-state index in [9.17, 15) is 13.5 Å². The highest BCUT2D eigenvalue weighted by Crippen LogP contribution is 2.06. The molecule has 0 aromatic heterocycles. The minimum atomic E-state index is -3.45. The van der Waals surface area contributed by atoms with E-state index < -0.39 is 15.8 Å². The number of aliphatic hydroxyl groups is 1. The minimum absolute atomic E-state index is 0.0303. The van der Waals surface area contributed by atoms with Gasteiger partial charge in [-0.25, -0.2) is 4.72 Å². The monoisotopic (exact) mass is 224 g/mol. The summed E-state index contributed by atoms with van der Waals surface area (Å²) in [4.78, 5) is 0. The van der Waals surface area contributed by atoms with Gasteiger partial charge in [-0.1, -0.05) is 13.8 Å². The highest BCUT2D eigenvalue weighted by molar-refractivity contribution is 7.87. The van der Waals surface area contributed by atoms with Gasteiger partial charge in [0.15, 0.2) is 0 Å². The van der Waals surface area contributed by atoms with Crippen LogP contribution in [0.2, 0.25) is 0 Å². The van der Waals surface area contributed by atoms with Gasteiger partial charge in [0.05, 0.1) is 5.60 Å². The fraction of sp³-hybridized carbons (Fsp3) is 1.00. The van der Waals surface area contributed by atoms with Gasteiger partial charge in [-0.2, -0.15) is 13.1 Å². The lowest BCUT2D eigenvalue weighted by Crippen LogP contribution is -2.45. The first-order chi connectivity index (χ1) is 6.33. The molecule has 0 saturated heterocycles. The minimum Gasteiger partial charge on any atom is -0.389 e. The molecule has 6 heteroatoms. The molecule has 3 N–H and O–H groups in total. The molecule has 5 nitrogen and oxygen atoms in total. The van der Waals surface area contributed by atoms with Crippen LogP contribution in [0.25, 0.3) is 0 Å². The Morgan fingerprint density at radius 3 is 2.29 bits per heavy atom. The number of nitrogens with one attached hydrogen (secondary N) is 2. The molecule has 86 valence electrons. The summed E-state index contributed by atoms with van der Waals surface area (Å²) in [6, 6.07) is 0. The predicted molar refractivity (Wildman–Crippen MR) is 56.1 cm³/mol. The zero-order valence-electron chi connectivity index (χ0n) is 9.00. The molecule has 0 aliphatic heterocycles. The Morgan fingerprint density at radius 1 is 1.29 bits per heavy atom. The molecule has 0 aromatic rings. The maximum atomic E-state index is 11.2. The van der Waals surface area contributed by atoms with E-state index in [1.807, 2.05) is 6.92 Å². The molecule has 0 radical (unpaired) electrons. The zero-order chi connectivity index (χ0) is 11.2. The van der Waals surface area contributed by atoms with Gasteiger partial charge >= 0.3 is 0 Å². The Kier molecular flexibility index (Phi) is 5.58. The third kappa shape index (κ3) is 6.31. The third-order valence-electron chi connectivity index (χ3n) is 1.95. The van der Waals surface area contributed by atoms with Gasteiger partial charge in [0.25, 0.3) is 10.2 Å². The molecule has 14 heavy (non-hydrogen) atoms. The average molecular weight is 224 g/mol. The molecular formula is C8H20N2O3S. The Morgan fingerprint density at radius 2 is 1.86 bits per heavy atom. The largest absolute Gasteiger partial charge is 0.389 e. The van der Waals surface area contributed by atoms with Crippen molar-refractivity contribution in [2.45, 2.75) is 39.2 Å². The van der Waals surface area contributed by atoms with Gasteiger partial charge in [-0.3, -0.25) is 0 Å². The van der Waals surface area contributed by atoms with Crippen LogP contribution in [0.5, 0.6) is 0 Å². The van der Waals surface area contributed by atoms with Crippen molar-refractivity contribution in [1.82, 2.24) is 9.44 Å². The van der Waals surface area contributed by atoms with Crippen molar-refractivity contribution < 1.29 is 13.5 Å². The highest BCUT2D eigenvalue weighted by Gasteiger charge is 2.20. The van der Waals surface area contributed by atoms with Gasteiger partial charge in [-0.15, -0.1) is 0 Å². The van der Waals surface area contributed by atoms with Crippen LogP contribution in [0.15, 0.2) is 0 Å².